The summed E-state index contributed by atoms with van der Waals surface area (Å²) in [5.41, 5.74) is 1.21. The number of nitrogens with one attached hydrogen (secondary N) is 2. The number of aliphatic imine (C=N–C) groups is 1. The van der Waals surface area contributed by atoms with E-state index in [4.69, 9.17) is 9.26 Å². The average molecular weight is 529 g/mol. The molecule has 0 aliphatic heterocycles. The third-order valence-electron chi connectivity index (χ3n) is 4.41. The molecule has 0 fully saturated rings. The molecule has 8 heteroatoms. The number of hydrogen-bond donors (Lipinski definition) is 2. The van der Waals surface area contributed by atoms with Crippen molar-refractivity contribution < 1.29 is 9.26 Å². The summed E-state index contributed by atoms with van der Waals surface area (Å²) in [5, 5.41) is 10.6. The zero-order valence-electron chi connectivity index (χ0n) is 18.6. The molecule has 1 unspecified atom stereocenters. The standard InChI is InChI=1S/C22H35N5O2.HI/c1-5-23-22(24-14-9-13-20-26-21(17(2)3)27-29-20)25-15-10-16-28-18(4)19-11-7-6-8-12-19;/h6-8,11-12,17-18H,5,9-10,13-16H2,1-4H3,(H2,23,24,25);1H. The van der Waals surface area contributed by atoms with Crippen LogP contribution in [-0.2, 0) is 11.2 Å². The van der Waals surface area contributed by atoms with Gasteiger partial charge in [-0.3, -0.25) is 4.99 Å². The smallest absolute Gasteiger partial charge is 0.226 e. The summed E-state index contributed by atoms with van der Waals surface area (Å²) in [5.74, 6) is 2.57. The molecule has 30 heavy (non-hydrogen) atoms. The molecule has 0 saturated carbocycles. The van der Waals surface area contributed by atoms with E-state index in [1.807, 2.05) is 18.2 Å². The predicted molar refractivity (Wildman–Crippen MR) is 132 cm³/mol. The van der Waals surface area contributed by atoms with Crippen molar-refractivity contribution in [3.8, 4) is 0 Å². The summed E-state index contributed by atoms with van der Waals surface area (Å²) in [6.45, 7) is 11.3. The Bertz CT molecular complexity index is 721. The van der Waals surface area contributed by atoms with Crippen LogP contribution < -0.4 is 10.6 Å². The minimum atomic E-state index is 0. The minimum absolute atomic E-state index is 0. The van der Waals surface area contributed by atoms with Gasteiger partial charge in [-0.1, -0.05) is 49.3 Å². The Morgan fingerprint density at radius 3 is 2.57 bits per heavy atom. The Labute approximate surface area is 197 Å². The van der Waals surface area contributed by atoms with E-state index in [1.54, 1.807) is 0 Å². The van der Waals surface area contributed by atoms with Crippen molar-refractivity contribution in [1.29, 1.82) is 0 Å². The molecule has 0 spiro atoms. The van der Waals surface area contributed by atoms with E-state index >= 15 is 0 Å². The van der Waals surface area contributed by atoms with Gasteiger partial charge in [0.15, 0.2) is 11.8 Å². The minimum Gasteiger partial charge on any atom is -0.374 e. The van der Waals surface area contributed by atoms with Crippen molar-refractivity contribution >= 4 is 29.9 Å². The van der Waals surface area contributed by atoms with Crippen molar-refractivity contribution in [1.82, 2.24) is 20.8 Å². The van der Waals surface area contributed by atoms with Crippen LogP contribution in [0.4, 0.5) is 0 Å². The van der Waals surface area contributed by atoms with Gasteiger partial charge in [0.2, 0.25) is 5.89 Å². The molecule has 2 aromatic rings. The quantitative estimate of drug-likeness (QED) is 0.183. The summed E-state index contributed by atoms with van der Waals surface area (Å²) in [6, 6.07) is 10.3. The number of guanidine groups is 1. The average Bonchev–Trinajstić information content (AvgIpc) is 3.20. The Hall–Kier alpha value is -1.68. The molecule has 1 heterocycles. The second-order valence-electron chi connectivity index (χ2n) is 7.27. The number of halogens is 1. The summed E-state index contributed by atoms with van der Waals surface area (Å²) in [6.07, 6.45) is 2.64. The van der Waals surface area contributed by atoms with E-state index in [2.05, 4.69) is 65.6 Å². The van der Waals surface area contributed by atoms with E-state index in [9.17, 15) is 0 Å². The molecule has 0 aliphatic carbocycles. The normalized spacial score (nSPS) is 12.5. The second kappa shape index (κ2) is 15.2. The molecule has 2 rings (SSSR count). The van der Waals surface area contributed by atoms with Crippen LogP contribution in [0.2, 0.25) is 0 Å². The van der Waals surface area contributed by atoms with Crippen molar-refractivity contribution in [3.05, 3.63) is 47.6 Å². The second-order valence-corrected chi connectivity index (χ2v) is 7.27. The molecule has 168 valence electrons. The number of aromatic nitrogens is 2. The molecular formula is C22H36IN5O2. The van der Waals surface area contributed by atoms with Crippen LogP contribution in [0.15, 0.2) is 39.8 Å². The molecular weight excluding hydrogens is 493 g/mol. The van der Waals surface area contributed by atoms with Crippen molar-refractivity contribution in [3.63, 3.8) is 0 Å². The molecule has 1 atom stereocenters. The van der Waals surface area contributed by atoms with Crippen LogP contribution in [-0.4, -0.2) is 42.3 Å². The SMILES string of the molecule is CCNC(=NCCCc1nc(C(C)C)no1)NCCCOC(C)c1ccccc1.I. The molecule has 1 aromatic carbocycles. The van der Waals surface area contributed by atoms with Crippen LogP contribution in [0.5, 0.6) is 0 Å². The highest BCUT2D eigenvalue weighted by atomic mass is 127. The van der Waals surface area contributed by atoms with Gasteiger partial charge < -0.3 is 19.9 Å². The lowest BCUT2D eigenvalue weighted by atomic mass is 10.1. The lowest BCUT2D eigenvalue weighted by Gasteiger charge is -2.14. The first-order valence-electron chi connectivity index (χ1n) is 10.6. The third kappa shape index (κ3) is 9.88. The molecule has 2 N–H and O–H groups in total. The first-order chi connectivity index (χ1) is 14.1. The van der Waals surface area contributed by atoms with Crippen LogP contribution in [0.25, 0.3) is 0 Å². The lowest BCUT2D eigenvalue weighted by Crippen LogP contribution is -2.38. The monoisotopic (exact) mass is 529 g/mol. The Balaban J connectivity index is 0.00000450. The Kier molecular flexibility index (Phi) is 13.3. The van der Waals surface area contributed by atoms with Crippen LogP contribution in [0.1, 0.15) is 69.8 Å². The maximum Gasteiger partial charge on any atom is 0.226 e. The first kappa shape index (κ1) is 26.4. The van der Waals surface area contributed by atoms with Gasteiger partial charge in [0, 0.05) is 38.6 Å². The molecule has 0 radical (unpaired) electrons. The summed E-state index contributed by atoms with van der Waals surface area (Å²) >= 11 is 0. The predicted octanol–water partition coefficient (Wildman–Crippen LogP) is 4.47. The highest BCUT2D eigenvalue weighted by Gasteiger charge is 2.09. The van der Waals surface area contributed by atoms with Crippen LogP contribution in [0.3, 0.4) is 0 Å². The fourth-order valence-electron chi connectivity index (χ4n) is 2.73. The van der Waals surface area contributed by atoms with Gasteiger partial charge in [0.05, 0.1) is 6.10 Å². The molecule has 7 nitrogen and oxygen atoms in total. The van der Waals surface area contributed by atoms with Gasteiger partial charge in [-0.05, 0) is 32.3 Å². The van der Waals surface area contributed by atoms with Crippen molar-refractivity contribution in [2.45, 2.75) is 59.0 Å². The van der Waals surface area contributed by atoms with Gasteiger partial charge >= 0.3 is 0 Å². The molecule has 0 aliphatic rings. The van der Waals surface area contributed by atoms with Crippen LogP contribution in [0, 0.1) is 0 Å². The molecule has 0 amide bonds. The lowest BCUT2D eigenvalue weighted by molar-refractivity contribution is 0.0646. The highest BCUT2D eigenvalue weighted by Crippen LogP contribution is 2.15. The Morgan fingerprint density at radius 1 is 1.13 bits per heavy atom. The summed E-state index contributed by atoms with van der Waals surface area (Å²) in [7, 11) is 0. The summed E-state index contributed by atoms with van der Waals surface area (Å²) in [4.78, 5) is 9.01. The summed E-state index contributed by atoms with van der Waals surface area (Å²) < 4.78 is 11.2. The molecule has 1 aromatic heterocycles. The largest absolute Gasteiger partial charge is 0.374 e. The fraction of sp³-hybridized carbons (Fsp3) is 0.591. The van der Waals surface area contributed by atoms with Gasteiger partial charge in [0.1, 0.15) is 0 Å². The van der Waals surface area contributed by atoms with E-state index in [-0.39, 0.29) is 36.0 Å². The molecule has 0 saturated heterocycles. The van der Waals surface area contributed by atoms with Gasteiger partial charge in [-0.2, -0.15) is 4.98 Å². The Morgan fingerprint density at radius 2 is 1.90 bits per heavy atom. The highest BCUT2D eigenvalue weighted by molar-refractivity contribution is 14.0. The van der Waals surface area contributed by atoms with Gasteiger partial charge in [-0.25, -0.2) is 0 Å². The number of hydrogen-bond acceptors (Lipinski definition) is 5. The van der Waals surface area contributed by atoms with E-state index < -0.39 is 0 Å². The van der Waals surface area contributed by atoms with Crippen molar-refractivity contribution in [2.24, 2.45) is 4.99 Å². The third-order valence-corrected chi connectivity index (χ3v) is 4.41. The number of benzene rings is 1. The first-order valence-corrected chi connectivity index (χ1v) is 10.6. The zero-order valence-corrected chi connectivity index (χ0v) is 20.9. The van der Waals surface area contributed by atoms with Crippen molar-refractivity contribution in [2.75, 3.05) is 26.2 Å². The number of rotatable bonds is 12. The van der Waals surface area contributed by atoms with E-state index in [1.165, 1.54) is 5.56 Å². The maximum atomic E-state index is 5.91. The number of aryl methyl sites for hydroxylation is 1. The van der Waals surface area contributed by atoms with Gasteiger partial charge in [-0.15, -0.1) is 24.0 Å². The van der Waals surface area contributed by atoms with E-state index in [0.29, 0.717) is 19.0 Å². The fourth-order valence-corrected chi connectivity index (χ4v) is 2.73. The number of nitrogens with zero attached hydrogens (tertiary/aromatic N) is 3. The number of ether oxygens (including phenoxy) is 1. The zero-order chi connectivity index (χ0) is 20.9. The molecule has 0 bridgehead atoms. The van der Waals surface area contributed by atoms with Gasteiger partial charge in [0.25, 0.3) is 0 Å². The van der Waals surface area contributed by atoms with Crippen LogP contribution >= 0.6 is 24.0 Å². The topological polar surface area (TPSA) is 84.6 Å². The van der Waals surface area contributed by atoms with E-state index in [0.717, 1.165) is 44.1 Å². The maximum absolute atomic E-state index is 5.91.